The second-order valence-corrected chi connectivity index (χ2v) is 9.70. The van der Waals surface area contributed by atoms with E-state index in [1.807, 2.05) is 24.3 Å². The average Bonchev–Trinajstić information content (AvgIpc) is 3.08. The molecule has 4 atom stereocenters. The van der Waals surface area contributed by atoms with Crippen LogP contribution >= 0.6 is 0 Å². The van der Waals surface area contributed by atoms with Gasteiger partial charge in [0.2, 0.25) is 0 Å². The summed E-state index contributed by atoms with van der Waals surface area (Å²) in [6, 6.07) is 17.1. The molecule has 2 aromatic carbocycles. The second-order valence-electron chi connectivity index (χ2n) is 9.70. The molecule has 3 aliphatic carbocycles. The van der Waals surface area contributed by atoms with E-state index < -0.39 is 16.2 Å². The zero-order chi connectivity index (χ0) is 22.0. The molecular weight excluding hydrogens is 380 g/mol. The Hall–Kier alpha value is -3.00. The lowest BCUT2D eigenvalue weighted by Crippen LogP contribution is -2.61. The summed E-state index contributed by atoms with van der Waals surface area (Å²) >= 11 is 0. The van der Waals surface area contributed by atoms with Crippen molar-refractivity contribution in [1.29, 1.82) is 0 Å². The van der Waals surface area contributed by atoms with Gasteiger partial charge in [-0.15, -0.1) is 0 Å². The maximum absolute atomic E-state index is 11.6. The molecule has 0 amide bonds. The fourth-order valence-electron chi connectivity index (χ4n) is 6.79. The smallest absolute Gasteiger partial charge is 0.0999 e. The zero-order valence-electron chi connectivity index (χ0n) is 18.6. The molecule has 31 heavy (non-hydrogen) atoms. The molecule has 2 N–H and O–H groups in total. The van der Waals surface area contributed by atoms with Crippen LogP contribution in [0.3, 0.4) is 0 Å². The fraction of sp³-hybridized carbons (Fsp3) is 0.310. The predicted molar refractivity (Wildman–Crippen MR) is 127 cm³/mol. The Morgan fingerprint density at radius 1 is 0.645 bits per heavy atom. The van der Waals surface area contributed by atoms with E-state index in [1.54, 1.807) is 0 Å². The van der Waals surface area contributed by atoms with E-state index in [0.29, 0.717) is 11.5 Å². The van der Waals surface area contributed by atoms with Crippen molar-refractivity contribution in [2.45, 2.75) is 33.1 Å². The summed E-state index contributed by atoms with van der Waals surface area (Å²) in [5.41, 5.74) is 2.70. The lowest BCUT2D eigenvalue weighted by Gasteiger charge is -2.61. The van der Waals surface area contributed by atoms with Gasteiger partial charge in [-0.25, -0.2) is 0 Å². The Bertz CT molecular complexity index is 1090. The maximum atomic E-state index is 11.6. The molecule has 0 saturated carbocycles. The first-order valence-corrected chi connectivity index (χ1v) is 11.2. The zero-order valence-corrected chi connectivity index (χ0v) is 18.6. The lowest BCUT2D eigenvalue weighted by atomic mass is 9.40. The van der Waals surface area contributed by atoms with Crippen molar-refractivity contribution < 1.29 is 10.2 Å². The number of hydrogen-bond acceptors (Lipinski definition) is 2. The molecule has 0 bridgehead atoms. The van der Waals surface area contributed by atoms with Gasteiger partial charge in [-0.3, -0.25) is 0 Å². The Labute approximate surface area is 185 Å². The molecule has 0 heterocycles. The molecular formula is C29H30O2. The van der Waals surface area contributed by atoms with E-state index in [4.69, 9.17) is 0 Å². The molecule has 0 aliphatic heterocycles. The quantitative estimate of drug-likeness (QED) is 0.547. The van der Waals surface area contributed by atoms with Crippen molar-refractivity contribution in [3.63, 3.8) is 0 Å². The van der Waals surface area contributed by atoms with Crippen LogP contribution in [0.5, 0.6) is 0 Å². The highest BCUT2D eigenvalue weighted by molar-refractivity contribution is 5.83. The third-order valence-corrected chi connectivity index (χ3v) is 8.70. The van der Waals surface area contributed by atoms with Crippen molar-refractivity contribution in [3.05, 3.63) is 108 Å². The molecule has 2 heteroatoms. The van der Waals surface area contributed by atoms with Crippen LogP contribution in [0.25, 0.3) is 11.1 Å². The Morgan fingerprint density at radius 3 is 1.42 bits per heavy atom. The highest BCUT2D eigenvalue weighted by Gasteiger charge is 2.69. The number of benzene rings is 2. The molecule has 2 nitrogen and oxygen atoms in total. The number of aliphatic hydroxyl groups excluding tert-OH is 2. The Balaban J connectivity index is 2.01. The highest BCUT2D eigenvalue weighted by atomic mass is 16.3. The van der Waals surface area contributed by atoms with Crippen LogP contribution in [0.1, 0.15) is 38.8 Å². The molecule has 0 saturated heterocycles. The molecule has 4 unspecified atom stereocenters. The average molecular weight is 411 g/mol. The summed E-state index contributed by atoms with van der Waals surface area (Å²) in [6.07, 6.45) is 11.9. The SMILES string of the molecule is CC1C=CC=C(O)C1(C)C1(C2(C)C(O)=CC=CC2C)c2ccccc2-c2ccccc21. The molecule has 5 rings (SSSR count). The van der Waals surface area contributed by atoms with Crippen molar-refractivity contribution in [2.75, 3.05) is 0 Å². The van der Waals surface area contributed by atoms with Crippen LogP contribution in [-0.4, -0.2) is 10.2 Å². The van der Waals surface area contributed by atoms with Crippen LogP contribution in [-0.2, 0) is 5.41 Å². The summed E-state index contributed by atoms with van der Waals surface area (Å²) in [6.45, 7) is 8.71. The fourth-order valence-corrected chi connectivity index (χ4v) is 6.79. The molecule has 158 valence electrons. The molecule has 0 radical (unpaired) electrons. The topological polar surface area (TPSA) is 40.5 Å². The minimum atomic E-state index is -0.678. The van der Waals surface area contributed by atoms with E-state index in [2.05, 4.69) is 88.4 Å². The third kappa shape index (κ3) is 2.13. The van der Waals surface area contributed by atoms with Crippen LogP contribution in [0.15, 0.2) is 96.5 Å². The molecule has 2 aromatic rings. The summed E-state index contributed by atoms with van der Waals surface area (Å²) in [7, 11) is 0. The van der Waals surface area contributed by atoms with E-state index in [-0.39, 0.29) is 11.8 Å². The summed E-state index contributed by atoms with van der Waals surface area (Å²) in [5, 5.41) is 23.2. The van der Waals surface area contributed by atoms with Gasteiger partial charge >= 0.3 is 0 Å². The van der Waals surface area contributed by atoms with Gasteiger partial charge < -0.3 is 10.2 Å². The van der Waals surface area contributed by atoms with Gasteiger partial charge in [0.05, 0.1) is 11.5 Å². The summed E-state index contributed by atoms with van der Waals surface area (Å²) < 4.78 is 0. The first-order chi connectivity index (χ1) is 14.8. The Kier molecular flexibility index (Phi) is 4.18. The first kappa shape index (κ1) is 19.9. The van der Waals surface area contributed by atoms with Crippen molar-refractivity contribution in [2.24, 2.45) is 22.7 Å². The molecule has 0 aromatic heterocycles. The number of fused-ring (bicyclic) bond motifs is 3. The van der Waals surface area contributed by atoms with E-state index in [9.17, 15) is 10.2 Å². The number of aliphatic hydroxyl groups is 2. The lowest BCUT2D eigenvalue weighted by molar-refractivity contribution is -0.0152. The predicted octanol–water partition coefficient (Wildman–Crippen LogP) is 7.26. The van der Waals surface area contributed by atoms with Crippen LogP contribution in [0, 0.1) is 22.7 Å². The van der Waals surface area contributed by atoms with E-state index in [1.165, 1.54) is 22.3 Å². The largest absolute Gasteiger partial charge is 0.512 e. The monoisotopic (exact) mass is 410 g/mol. The summed E-state index contributed by atoms with van der Waals surface area (Å²) in [5.74, 6) is 0.841. The normalized spacial score (nSPS) is 32.8. The van der Waals surface area contributed by atoms with Crippen LogP contribution in [0.4, 0.5) is 0 Å². The standard InChI is InChI=1S/C29H30O2/c1-19-11-9-17-25(30)27(19,3)29(28(4)20(2)12-10-18-26(28)31)23-15-7-5-13-21(23)22-14-6-8-16-24(22)29/h5-20,30-31H,1-4H3. The Morgan fingerprint density at radius 2 is 1.03 bits per heavy atom. The minimum absolute atomic E-state index is 0.0550. The van der Waals surface area contributed by atoms with Gasteiger partial charge in [-0.05, 0) is 46.2 Å². The first-order valence-electron chi connectivity index (χ1n) is 11.2. The van der Waals surface area contributed by atoms with E-state index >= 15 is 0 Å². The van der Waals surface area contributed by atoms with Gasteiger partial charge in [0, 0.05) is 16.2 Å². The van der Waals surface area contributed by atoms with E-state index in [0.717, 1.165) is 0 Å². The minimum Gasteiger partial charge on any atom is -0.512 e. The number of rotatable bonds is 2. The third-order valence-electron chi connectivity index (χ3n) is 8.70. The molecule has 3 aliphatic rings. The van der Waals surface area contributed by atoms with Crippen molar-refractivity contribution in [1.82, 2.24) is 0 Å². The maximum Gasteiger partial charge on any atom is 0.0999 e. The second kappa shape index (κ2) is 6.50. The van der Waals surface area contributed by atoms with Gasteiger partial charge in [-0.1, -0.05) is 101 Å². The molecule has 0 fully saturated rings. The highest BCUT2D eigenvalue weighted by Crippen LogP contribution is 2.72. The van der Waals surface area contributed by atoms with Gasteiger partial charge in [0.1, 0.15) is 0 Å². The number of hydrogen-bond donors (Lipinski definition) is 2. The van der Waals surface area contributed by atoms with Gasteiger partial charge in [0.15, 0.2) is 0 Å². The van der Waals surface area contributed by atoms with Crippen molar-refractivity contribution >= 4 is 0 Å². The summed E-state index contributed by atoms with van der Waals surface area (Å²) in [4.78, 5) is 0. The van der Waals surface area contributed by atoms with Gasteiger partial charge in [-0.2, -0.15) is 0 Å². The van der Waals surface area contributed by atoms with Crippen LogP contribution in [0.2, 0.25) is 0 Å². The van der Waals surface area contributed by atoms with Crippen LogP contribution < -0.4 is 0 Å². The van der Waals surface area contributed by atoms with Gasteiger partial charge in [0.25, 0.3) is 0 Å². The number of allylic oxidation sites excluding steroid dienone is 8. The molecule has 0 spiro atoms. The van der Waals surface area contributed by atoms with Crippen molar-refractivity contribution in [3.8, 4) is 11.1 Å².